The van der Waals surface area contributed by atoms with Gasteiger partial charge in [-0.1, -0.05) is 41.9 Å². The second-order valence-corrected chi connectivity index (χ2v) is 8.15. The van der Waals surface area contributed by atoms with Crippen molar-refractivity contribution < 1.29 is 19.1 Å². The smallest absolute Gasteiger partial charge is 0.224 e. The molecule has 36 heavy (non-hydrogen) atoms. The lowest BCUT2D eigenvalue weighted by Crippen LogP contribution is -2.02. The first-order valence-corrected chi connectivity index (χ1v) is 11.2. The average Bonchev–Trinajstić information content (AvgIpc) is 3.37. The van der Waals surface area contributed by atoms with Crippen molar-refractivity contribution in [2.24, 2.45) is 0 Å². The number of carbonyl (C=O) groups is 2. The fourth-order valence-corrected chi connectivity index (χ4v) is 4.40. The van der Waals surface area contributed by atoms with Gasteiger partial charge in [-0.2, -0.15) is 5.10 Å². The molecule has 0 saturated heterocycles. The van der Waals surface area contributed by atoms with Gasteiger partial charge in [0, 0.05) is 28.8 Å². The van der Waals surface area contributed by atoms with Crippen LogP contribution in [0.15, 0.2) is 67.0 Å². The summed E-state index contributed by atoms with van der Waals surface area (Å²) in [5, 5.41) is 5.90. The summed E-state index contributed by atoms with van der Waals surface area (Å²) in [5.41, 5.74) is 4.46. The standard InChI is InChI=1S/C27H19ClN4O4/c1-35-24-11-25(29-12-17(24)15-34)32-23-8-4-5-18(21(23)13-30-32)19-6-3-7-20(26(19)28)22-10-9-16(14-33)27(31-22)36-2/h3-15H,1-2H3. The van der Waals surface area contributed by atoms with Gasteiger partial charge in [0.05, 0.1) is 47.8 Å². The Morgan fingerprint density at radius 2 is 1.61 bits per heavy atom. The molecule has 9 heteroatoms. The second-order valence-electron chi connectivity index (χ2n) is 7.78. The van der Waals surface area contributed by atoms with Crippen LogP contribution in [0.3, 0.4) is 0 Å². The maximum atomic E-state index is 11.3. The molecule has 0 spiro atoms. The summed E-state index contributed by atoms with van der Waals surface area (Å²) in [7, 11) is 2.96. The van der Waals surface area contributed by atoms with Gasteiger partial charge in [0.2, 0.25) is 5.88 Å². The van der Waals surface area contributed by atoms with Gasteiger partial charge in [-0.3, -0.25) is 9.59 Å². The lowest BCUT2D eigenvalue weighted by Gasteiger charge is -2.12. The number of pyridine rings is 2. The van der Waals surface area contributed by atoms with Crippen LogP contribution in [0, 0.1) is 0 Å². The molecule has 178 valence electrons. The molecule has 3 heterocycles. The van der Waals surface area contributed by atoms with E-state index < -0.39 is 0 Å². The number of halogens is 1. The minimum Gasteiger partial charge on any atom is -0.496 e. The topological polar surface area (TPSA) is 96.2 Å². The van der Waals surface area contributed by atoms with Crippen molar-refractivity contribution in [3.63, 3.8) is 0 Å². The van der Waals surface area contributed by atoms with Crippen LogP contribution in [-0.4, -0.2) is 46.5 Å². The Labute approximate surface area is 211 Å². The molecule has 0 aliphatic carbocycles. The van der Waals surface area contributed by atoms with Gasteiger partial charge in [0.15, 0.2) is 18.4 Å². The minimum absolute atomic E-state index is 0.232. The Kier molecular flexibility index (Phi) is 6.18. The van der Waals surface area contributed by atoms with Gasteiger partial charge in [0.1, 0.15) is 5.75 Å². The van der Waals surface area contributed by atoms with Crippen molar-refractivity contribution in [1.29, 1.82) is 0 Å². The molecule has 0 N–H and O–H groups in total. The number of aldehydes is 2. The number of nitrogens with zero attached hydrogens (tertiary/aromatic N) is 4. The lowest BCUT2D eigenvalue weighted by atomic mass is 9.98. The van der Waals surface area contributed by atoms with Gasteiger partial charge >= 0.3 is 0 Å². The average molecular weight is 499 g/mol. The number of methoxy groups -OCH3 is 2. The predicted molar refractivity (Wildman–Crippen MR) is 136 cm³/mol. The summed E-state index contributed by atoms with van der Waals surface area (Å²) < 4.78 is 12.3. The molecule has 0 unspecified atom stereocenters. The minimum atomic E-state index is 0.232. The molecule has 5 rings (SSSR count). The molecule has 0 radical (unpaired) electrons. The van der Waals surface area contributed by atoms with Crippen molar-refractivity contribution >= 4 is 35.1 Å². The van der Waals surface area contributed by atoms with Crippen LogP contribution in [0.4, 0.5) is 0 Å². The van der Waals surface area contributed by atoms with Crippen molar-refractivity contribution in [3.05, 3.63) is 83.1 Å². The Morgan fingerprint density at radius 1 is 0.861 bits per heavy atom. The molecule has 0 saturated carbocycles. The van der Waals surface area contributed by atoms with E-state index in [4.69, 9.17) is 21.1 Å². The van der Waals surface area contributed by atoms with Gasteiger partial charge in [-0.05, 0) is 23.8 Å². The highest BCUT2D eigenvalue weighted by Crippen LogP contribution is 2.39. The van der Waals surface area contributed by atoms with E-state index >= 15 is 0 Å². The number of hydrogen-bond donors (Lipinski definition) is 0. The normalized spacial score (nSPS) is 10.9. The van der Waals surface area contributed by atoms with E-state index in [1.165, 1.54) is 20.4 Å². The highest BCUT2D eigenvalue weighted by Gasteiger charge is 2.17. The zero-order valence-corrected chi connectivity index (χ0v) is 20.1. The van der Waals surface area contributed by atoms with Crippen LogP contribution < -0.4 is 9.47 Å². The van der Waals surface area contributed by atoms with Crippen molar-refractivity contribution in [1.82, 2.24) is 19.7 Å². The molecule has 0 fully saturated rings. The number of ether oxygens (including phenoxy) is 2. The van der Waals surface area contributed by atoms with Crippen LogP contribution >= 0.6 is 11.6 Å². The molecule has 0 bridgehead atoms. The highest BCUT2D eigenvalue weighted by atomic mass is 35.5. The van der Waals surface area contributed by atoms with Crippen LogP contribution in [0.2, 0.25) is 5.02 Å². The number of aromatic nitrogens is 4. The summed E-state index contributed by atoms with van der Waals surface area (Å²) in [6.07, 6.45) is 4.59. The quantitative estimate of drug-likeness (QED) is 0.275. The molecular weight excluding hydrogens is 480 g/mol. The van der Waals surface area contributed by atoms with Crippen LogP contribution in [0.1, 0.15) is 20.7 Å². The largest absolute Gasteiger partial charge is 0.496 e. The summed E-state index contributed by atoms with van der Waals surface area (Å²) in [6, 6.07) is 16.5. The van der Waals surface area contributed by atoms with Crippen LogP contribution in [0.5, 0.6) is 11.6 Å². The lowest BCUT2D eigenvalue weighted by molar-refractivity contribution is 0.111. The number of fused-ring (bicyclic) bond motifs is 1. The molecule has 8 nitrogen and oxygen atoms in total. The Hall–Kier alpha value is -4.56. The third-order valence-corrected chi connectivity index (χ3v) is 6.24. The van der Waals surface area contributed by atoms with Gasteiger partial charge in [-0.15, -0.1) is 0 Å². The molecule has 0 aliphatic heterocycles. The summed E-state index contributed by atoms with van der Waals surface area (Å²) in [5.74, 6) is 1.15. The molecular formula is C27H19ClN4O4. The Balaban J connectivity index is 1.63. The summed E-state index contributed by atoms with van der Waals surface area (Å²) in [6.45, 7) is 0. The zero-order valence-electron chi connectivity index (χ0n) is 19.3. The van der Waals surface area contributed by atoms with Crippen molar-refractivity contribution in [3.8, 4) is 39.8 Å². The van der Waals surface area contributed by atoms with E-state index in [1.54, 1.807) is 29.1 Å². The molecule has 0 aliphatic rings. The number of hydrogen-bond acceptors (Lipinski definition) is 7. The third kappa shape index (κ3) is 3.87. The first kappa shape index (κ1) is 23.2. The fraction of sp³-hybridized carbons (Fsp3) is 0.0741. The van der Waals surface area contributed by atoms with Crippen molar-refractivity contribution in [2.45, 2.75) is 0 Å². The molecule has 3 aromatic heterocycles. The fourth-order valence-electron chi connectivity index (χ4n) is 4.08. The molecule has 2 aromatic carbocycles. The van der Waals surface area contributed by atoms with Crippen molar-refractivity contribution in [2.75, 3.05) is 14.2 Å². The zero-order chi connectivity index (χ0) is 25.2. The number of benzene rings is 2. The van der Waals surface area contributed by atoms with Crippen LogP contribution in [-0.2, 0) is 0 Å². The first-order valence-electron chi connectivity index (χ1n) is 10.9. The van der Waals surface area contributed by atoms with Gasteiger partial charge in [0.25, 0.3) is 0 Å². The third-order valence-electron chi connectivity index (χ3n) is 5.83. The van der Waals surface area contributed by atoms with Gasteiger partial charge < -0.3 is 9.47 Å². The maximum absolute atomic E-state index is 11.3. The van der Waals surface area contributed by atoms with Crippen LogP contribution in [0.25, 0.3) is 39.1 Å². The van der Waals surface area contributed by atoms with E-state index in [9.17, 15) is 9.59 Å². The predicted octanol–water partition coefficient (Wildman–Crippen LogP) is 5.45. The monoisotopic (exact) mass is 498 g/mol. The molecule has 0 amide bonds. The number of carbonyl (C=O) groups excluding carboxylic acids is 2. The highest BCUT2D eigenvalue weighted by molar-refractivity contribution is 6.36. The van der Waals surface area contributed by atoms with E-state index in [1.807, 2.05) is 36.4 Å². The summed E-state index contributed by atoms with van der Waals surface area (Å²) >= 11 is 6.90. The molecule has 0 atom stereocenters. The van der Waals surface area contributed by atoms with Gasteiger partial charge in [-0.25, -0.2) is 14.6 Å². The summed E-state index contributed by atoms with van der Waals surface area (Å²) in [4.78, 5) is 31.3. The van der Waals surface area contributed by atoms with E-state index in [0.29, 0.717) is 51.5 Å². The molecule has 5 aromatic rings. The Bertz CT molecular complexity index is 1630. The van der Waals surface area contributed by atoms with E-state index in [2.05, 4.69) is 15.1 Å². The SMILES string of the molecule is COc1cc(-n2ncc3c(-c4cccc(-c5ccc(C=O)c(OC)n5)c4Cl)cccc32)ncc1C=O. The first-order chi connectivity index (χ1) is 17.6. The second kappa shape index (κ2) is 9.59. The Morgan fingerprint density at radius 3 is 2.36 bits per heavy atom. The van der Waals surface area contributed by atoms with E-state index in [0.717, 1.165) is 22.0 Å². The van der Waals surface area contributed by atoms with E-state index in [-0.39, 0.29) is 5.88 Å². The number of rotatable bonds is 7. The maximum Gasteiger partial charge on any atom is 0.224 e.